The van der Waals surface area contributed by atoms with Crippen molar-refractivity contribution in [2.75, 3.05) is 18.1 Å². The minimum Gasteiger partial charge on any atom is -0.409 e. The fourth-order valence-electron chi connectivity index (χ4n) is 2.73. The van der Waals surface area contributed by atoms with E-state index < -0.39 is 0 Å². The molecule has 1 fully saturated rings. The lowest BCUT2D eigenvalue weighted by Crippen LogP contribution is -2.40. The lowest BCUT2D eigenvalue weighted by molar-refractivity contribution is 0.262. The molecule has 1 saturated heterocycles. The smallest absolute Gasteiger partial charge is 0.171 e. The number of nitrogens with two attached hydrogens (primary N) is 1. The number of anilines is 1. The summed E-state index contributed by atoms with van der Waals surface area (Å²) in [4.78, 5) is 2.33. The van der Waals surface area contributed by atoms with Crippen molar-refractivity contribution in [2.24, 2.45) is 10.9 Å². The van der Waals surface area contributed by atoms with Crippen molar-refractivity contribution < 1.29 is 10.3 Å². The molecule has 0 spiro atoms. The van der Waals surface area contributed by atoms with E-state index in [0.717, 1.165) is 29.5 Å². The molecule has 0 radical (unpaired) electrons. The Bertz CT molecular complexity index is 491. The third-order valence-electron chi connectivity index (χ3n) is 3.76. The number of piperidine rings is 1. The molecule has 0 amide bonds. The molecule has 110 valence electrons. The molecule has 20 heavy (non-hydrogen) atoms. The average molecular weight is 342 g/mol. The monoisotopic (exact) mass is 341 g/mol. The number of halogens is 1. The van der Waals surface area contributed by atoms with Crippen LogP contribution in [-0.2, 0) is 0 Å². The van der Waals surface area contributed by atoms with Crippen LogP contribution < -0.4 is 10.6 Å². The molecule has 1 aliphatic rings. The van der Waals surface area contributed by atoms with Crippen molar-refractivity contribution in [2.45, 2.75) is 31.7 Å². The van der Waals surface area contributed by atoms with E-state index in [2.05, 4.69) is 26.0 Å². The Balaban J connectivity index is 2.25. The van der Waals surface area contributed by atoms with Crippen LogP contribution >= 0.6 is 15.9 Å². The highest BCUT2D eigenvalue weighted by molar-refractivity contribution is 9.10. The molecule has 0 aliphatic carbocycles. The Kier molecular flexibility index (Phi) is 5.25. The fraction of sp³-hybridized carbons (Fsp3) is 0.500. The number of hydrogen-bond acceptors (Lipinski definition) is 4. The van der Waals surface area contributed by atoms with Crippen molar-refractivity contribution in [3.63, 3.8) is 0 Å². The van der Waals surface area contributed by atoms with Gasteiger partial charge in [0.25, 0.3) is 0 Å². The number of hydrogen-bond donors (Lipinski definition) is 3. The van der Waals surface area contributed by atoms with Crippen LogP contribution in [-0.4, -0.2) is 35.3 Å². The zero-order chi connectivity index (χ0) is 14.5. The summed E-state index contributed by atoms with van der Waals surface area (Å²) in [6.07, 6.45) is 4.28. The molecule has 5 nitrogen and oxygen atoms in total. The van der Waals surface area contributed by atoms with Crippen molar-refractivity contribution >= 4 is 27.5 Å². The largest absolute Gasteiger partial charge is 0.409 e. The van der Waals surface area contributed by atoms with Crippen LogP contribution in [0.25, 0.3) is 0 Å². The van der Waals surface area contributed by atoms with Crippen LogP contribution in [0, 0.1) is 0 Å². The third-order valence-corrected chi connectivity index (χ3v) is 4.41. The Morgan fingerprint density at radius 3 is 2.90 bits per heavy atom. The first-order valence-electron chi connectivity index (χ1n) is 6.82. The summed E-state index contributed by atoms with van der Waals surface area (Å²) in [5.74, 6) is 0.0916. The molecule has 4 N–H and O–H groups in total. The maximum Gasteiger partial charge on any atom is 0.171 e. The summed E-state index contributed by atoms with van der Waals surface area (Å²) >= 11 is 3.47. The van der Waals surface area contributed by atoms with Gasteiger partial charge < -0.3 is 20.9 Å². The van der Waals surface area contributed by atoms with Gasteiger partial charge in [0, 0.05) is 34.9 Å². The maximum atomic E-state index is 9.19. The highest BCUT2D eigenvalue weighted by atomic mass is 79.9. The second-order valence-electron chi connectivity index (χ2n) is 5.00. The molecule has 1 atom stereocenters. The lowest BCUT2D eigenvalue weighted by Gasteiger charge is -2.37. The quantitative estimate of drug-likeness (QED) is 0.339. The van der Waals surface area contributed by atoms with Crippen LogP contribution in [0.1, 0.15) is 31.2 Å². The Morgan fingerprint density at radius 1 is 1.45 bits per heavy atom. The summed E-state index contributed by atoms with van der Waals surface area (Å²) < 4.78 is 0.804. The van der Waals surface area contributed by atoms with Gasteiger partial charge >= 0.3 is 0 Å². The zero-order valence-corrected chi connectivity index (χ0v) is 12.9. The van der Waals surface area contributed by atoms with Gasteiger partial charge in [0.1, 0.15) is 0 Å². The Hall–Kier alpha value is -1.27. The number of aliphatic hydroxyl groups excluding tert-OH is 1. The van der Waals surface area contributed by atoms with Gasteiger partial charge in [-0.25, -0.2) is 0 Å². The molecule has 0 aromatic heterocycles. The first-order valence-corrected chi connectivity index (χ1v) is 7.61. The van der Waals surface area contributed by atoms with Gasteiger partial charge in [-0.15, -0.1) is 0 Å². The fourth-order valence-corrected chi connectivity index (χ4v) is 3.30. The molecule has 0 saturated carbocycles. The molecule has 1 heterocycles. The van der Waals surface area contributed by atoms with Crippen molar-refractivity contribution in [3.8, 4) is 0 Å². The number of oxime groups is 1. The van der Waals surface area contributed by atoms with Gasteiger partial charge in [-0.2, -0.15) is 0 Å². The summed E-state index contributed by atoms with van der Waals surface area (Å²) in [5.41, 5.74) is 7.40. The molecule has 1 aliphatic heterocycles. The molecule has 1 aromatic carbocycles. The van der Waals surface area contributed by atoms with E-state index in [0.29, 0.717) is 11.6 Å². The van der Waals surface area contributed by atoms with Crippen LogP contribution in [0.3, 0.4) is 0 Å². The molecule has 0 bridgehead atoms. The van der Waals surface area contributed by atoms with Gasteiger partial charge in [0.15, 0.2) is 5.84 Å². The van der Waals surface area contributed by atoms with Crippen LogP contribution in [0.4, 0.5) is 5.69 Å². The first kappa shape index (κ1) is 15.1. The van der Waals surface area contributed by atoms with Gasteiger partial charge in [-0.1, -0.05) is 5.16 Å². The number of benzene rings is 1. The number of aliphatic hydroxyl groups is 1. The van der Waals surface area contributed by atoms with Crippen LogP contribution in [0.15, 0.2) is 27.8 Å². The predicted molar refractivity (Wildman–Crippen MR) is 83.3 cm³/mol. The second kappa shape index (κ2) is 6.95. The standard InChI is InChI=1S/C14H20BrN3O2/c15-13-9-11(4-5-12(13)14(16)17-20)18-7-2-1-3-10(18)6-8-19/h4-5,9-10,19-20H,1-3,6-8H2,(H2,16,17). The van der Waals surface area contributed by atoms with Crippen molar-refractivity contribution in [1.82, 2.24) is 0 Å². The highest BCUT2D eigenvalue weighted by Gasteiger charge is 2.22. The summed E-state index contributed by atoms with van der Waals surface area (Å²) in [6, 6.07) is 6.20. The van der Waals surface area contributed by atoms with E-state index in [1.807, 2.05) is 18.2 Å². The average Bonchev–Trinajstić information content (AvgIpc) is 2.47. The van der Waals surface area contributed by atoms with E-state index in [1.165, 1.54) is 12.8 Å². The molecular formula is C14H20BrN3O2. The van der Waals surface area contributed by atoms with Gasteiger partial charge in [-0.3, -0.25) is 0 Å². The number of amidine groups is 1. The maximum absolute atomic E-state index is 9.19. The normalized spacial score (nSPS) is 20.2. The minimum absolute atomic E-state index is 0.0916. The lowest BCUT2D eigenvalue weighted by atomic mass is 9.98. The van der Waals surface area contributed by atoms with Gasteiger partial charge in [0.2, 0.25) is 0 Å². The zero-order valence-electron chi connectivity index (χ0n) is 11.3. The summed E-state index contributed by atoms with van der Waals surface area (Å²) in [7, 11) is 0. The molecule has 6 heteroatoms. The van der Waals surface area contributed by atoms with E-state index in [9.17, 15) is 5.11 Å². The van der Waals surface area contributed by atoms with Crippen molar-refractivity contribution in [3.05, 3.63) is 28.2 Å². The topological polar surface area (TPSA) is 82.1 Å². The van der Waals surface area contributed by atoms with Crippen LogP contribution in [0.2, 0.25) is 0 Å². The molecular weight excluding hydrogens is 322 g/mol. The van der Waals surface area contributed by atoms with E-state index >= 15 is 0 Å². The van der Waals surface area contributed by atoms with E-state index in [-0.39, 0.29) is 12.4 Å². The summed E-state index contributed by atoms with van der Waals surface area (Å²) in [6.45, 7) is 1.21. The highest BCUT2D eigenvalue weighted by Crippen LogP contribution is 2.30. The number of rotatable bonds is 4. The second-order valence-corrected chi connectivity index (χ2v) is 5.86. The predicted octanol–water partition coefficient (Wildman–Crippen LogP) is 2.28. The minimum atomic E-state index is 0.0916. The Morgan fingerprint density at radius 2 is 2.25 bits per heavy atom. The van der Waals surface area contributed by atoms with E-state index in [1.54, 1.807) is 0 Å². The van der Waals surface area contributed by atoms with Crippen LogP contribution in [0.5, 0.6) is 0 Å². The molecule has 1 aromatic rings. The first-order chi connectivity index (χ1) is 9.67. The third kappa shape index (κ3) is 3.24. The number of nitrogens with zero attached hydrogens (tertiary/aromatic N) is 2. The summed E-state index contributed by atoms with van der Waals surface area (Å²) in [5, 5.41) is 21.0. The van der Waals surface area contributed by atoms with Gasteiger partial charge in [0.05, 0.1) is 0 Å². The SMILES string of the molecule is N/C(=N/O)c1ccc(N2CCCCC2CCO)cc1Br. The Labute approximate surface area is 127 Å². The van der Waals surface area contributed by atoms with Crippen molar-refractivity contribution in [1.29, 1.82) is 0 Å². The van der Waals surface area contributed by atoms with Gasteiger partial charge in [-0.05, 0) is 59.8 Å². The molecule has 1 unspecified atom stereocenters. The van der Waals surface area contributed by atoms with E-state index in [4.69, 9.17) is 10.9 Å². The molecule has 2 rings (SSSR count).